The van der Waals surface area contributed by atoms with Gasteiger partial charge in [-0.25, -0.2) is 4.98 Å². The van der Waals surface area contributed by atoms with Gasteiger partial charge in [-0.2, -0.15) is 0 Å². The summed E-state index contributed by atoms with van der Waals surface area (Å²) in [6, 6.07) is 1.47. The van der Waals surface area contributed by atoms with Crippen LogP contribution >= 0.6 is 11.3 Å². The largest absolute Gasteiger partial charge is 0.298 e. The molecule has 2 saturated heterocycles. The van der Waals surface area contributed by atoms with Gasteiger partial charge in [-0.3, -0.25) is 9.80 Å². The molecule has 2 atom stereocenters. The number of thiazole rings is 1. The monoisotopic (exact) mass is 265 g/mol. The fourth-order valence-corrected chi connectivity index (χ4v) is 3.93. The van der Waals surface area contributed by atoms with Crippen LogP contribution in [0.15, 0.2) is 5.38 Å². The Hall–Kier alpha value is -0.450. The summed E-state index contributed by atoms with van der Waals surface area (Å²) in [6.07, 6.45) is 4.20. The zero-order valence-corrected chi connectivity index (χ0v) is 12.2. The van der Waals surface area contributed by atoms with E-state index in [4.69, 9.17) is 0 Å². The minimum atomic E-state index is 0.668. The number of fused-ring (bicyclic) bond motifs is 1. The number of hydrogen-bond donors (Lipinski definition) is 0. The second kappa shape index (κ2) is 5.27. The second-order valence-corrected chi connectivity index (χ2v) is 6.84. The Labute approximate surface area is 114 Å². The molecular weight excluding hydrogens is 242 g/mol. The van der Waals surface area contributed by atoms with Gasteiger partial charge in [0.1, 0.15) is 0 Å². The molecule has 3 heterocycles. The van der Waals surface area contributed by atoms with Gasteiger partial charge in [0.05, 0.1) is 10.7 Å². The van der Waals surface area contributed by atoms with E-state index in [1.807, 2.05) is 0 Å². The van der Waals surface area contributed by atoms with Crippen LogP contribution in [-0.4, -0.2) is 46.5 Å². The molecule has 0 saturated carbocycles. The summed E-state index contributed by atoms with van der Waals surface area (Å²) < 4.78 is 0. The third-order valence-corrected chi connectivity index (χ3v) is 5.17. The Morgan fingerprint density at radius 2 is 2.28 bits per heavy atom. The lowest BCUT2D eigenvalue weighted by Crippen LogP contribution is -2.58. The lowest BCUT2D eigenvalue weighted by atomic mass is 9.97. The van der Waals surface area contributed by atoms with E-state index in [0.717, 1.165) is 12.6 Å². The van der Waals surface area contributed by atoms with Crippen molar-refractivity contribution in [1.82, 2.24) is 14.8 Å². The maximum atomic E-state index is 4.61. The molecule has 0 aromatic carbocycles. The quantitative estimate of drug-likeness (QED) is 0.819. The molecule has 3 nitrogen and oxygen atoms in total. The van der Waals surface area contributed by atoms with E-state index >= 15 is 0 Å². The number of aromatic nitrogens is 1. The molecule has 0 radical (unpaired) electrons. The van der Waals surface area contributed by atoms with E-state index in [1.165, 1.54) is 49.6 Å². The van der Waals surface area contributed by atoms with Gasteiger partial charge in [-0.15, -0.1) is 11.3 Å². The highest BCUT2D eigenvalue weighted by molar-refractivity contribution is 7.09. The molecular formula is C14H23N3S. The van der Waals surface area contributed by atoms with Crippen LogP contribution in [-0.2, 0) is 6.54 Å². The Morgan fingerprint density at radius 3 is 3.06 bits per heavy atom. The molecule has 2 aliphatic rings. The third kappa shape index (κ3) is 2.60. The van der Waals surface area contributed by atoms with E-state index in [9.17, 15) is 0 Å². The first kappa shape index (κ1) is 12.6. The van der Waals surface area contributed by atoms with Crippen molar-refractivity contribution in [3.63, 3.8) is 0 Å². The number of hydrogen-bond acceptors (Lipinski definition) is 4. The highest BCUT2D eigenvalue weighted by Gasteiger charge is 2.32. The maximum absolute atomic E-state index is 4.61. The average Bonchev–Trinajstić information content (AvgIpc) is 2.76. The molecule has 1 aromatic heterocycles. The molecule has 1 aromatic rings. The lowest BCUT2D eigenvalue weighted by Gasteiger charge is -2.47. The van der Waals surface area contributed by atoms with E-state index in [2.05, 4.69) is 34.0 Å². The van der Waals surface area contributed by atoms with Gasteiger partial charge in [0.15, 0.2) is 0 Å². The molecule has 0 spiro atoms. The van der Waals surface area contributed by atoms with E-state index in [1.54, 1.807) is 11.3 Å². The first-order chi connectivity index (χ1) is 8.72. The van der Waals surface area contributed by atoms with Crippen LogP contribution in [0, 0.1) is 6.92 Å². The van der Waals surface area contributed by atoms with Crippen molar-refractivity contribution in [1.29, 1.82) is 0 Å². The van der Waals surface area contributed by atoms with Gasteiger partial charge in [-0.05, 0) is 33.2 Å². The second-order valence-electron chi connectivity index (χ2n) is 5.78. The van der Waals surface area contributed by atoms with Crippen LogP contribution in [0.1, 0.15) is 36.9 Å². The predicted molar refractivity (Wildman–Crippen MR) is 75.9 cm³/mol. The average molecular weight is 265 g/mol. The fraction of sp³-hybridized carbons (Fsp3) is 0.786. The van der Waals surface area contributed by atoms with Crippen molar-refractivity contribution in [2.45, 2.75) is 51.7 Å². The minimum Gasteiger partial charge on any atom is -0.298 e. The van der Waals surface area contributed by atoms with Crippen molar-refractivity contribution in [2.75, 3.05) is 19.6 Å². The molecule has 0 aliphatic carbocycles. The normalized spacial score (nSPS) is 30.3. The molecule has 3 rings (SSSR count). The molecule has 4 heteroatoms. The van der Waals surface area contributed by atoms with Crippen molar-refractivity contribution in [3.05, 3.63) is 16.1 Å². The number of piperazine rings is 1. The SMILES string of the molecule is Cc1nc(CN2CC3CCCCN3CC2C)cs1. The molecule has 0 amide bonds. The highest BCUT2D eigenvalue weighted by atomic mass is 32.1. The number of aryl methyl sites for hydroxylation is 1. The molecule has 2 fully saturated rings. The van der Waals surface area contributed by atoms with E-state index < -0.39 is 0 Å². The van der Waals surface area contributed by atoms with Gasteiger partial charge < -0.3 is 0 Å². The summed E-state index contributed by atoms with van der Waals surface area (Å²) in [6.45, 7) is 9.29. The van der Waals surface area contributed by atoms with Crippen LogP contribution < -0.4 is 0 Å². The van der Waals surface area contributed by atoms with Gasteiger partial charge >= 0.3 is 0 Å². The van der Waals surface area contributed by atoms with Crippen LogP contribution in [0.4, 0.5) is 0 Å². The first-order valence-corrected chi connectivity index (χ1v) is 7.99. The number of rotatable bonds is 2. The maximum Gasteiger partial charge on any atom is 0.0897 e. The Bertz CT molecular complexity index is 403. The summed E-state index contributed by atoms with van der Waals surface area (Å²) >= 11 is 1.77. The van der Waals surface area contributed by atoms with Gasteiger partial charge in [-0.1, -0.05) is 6.42 Å². The summed E-state index contributed by atoms with van der Waals surface area (Å²) in [5.41, 5.74) is 1.26. The van der Waals surface area contributed by atoms with E-state index in [-0.39, 0.29) is 0 Å². The van der Waals surface area contributed by atoms with Crippen LogP contribution in [0.3, 0.4) is 0 Å². The van der Waals surface area contributed by atoms with Crippen molar-refractivity contribution in [2.24, 2.45) is 0 Å². The highest BCUT2D eigenvalue weighted by Crippen LogP contribution is 2.25. The summed E-state index contributed by atoms with van der Waals surface area (Å²) in [5, 5.41) is 3.41. The molecule has 0 bridgehead atoms. The smallest absolute Gasteiger partial charge is 0.0897 e. The number of nitrogens with zero attached hydrogens (tertiary/aromatic N) is 3. The molecule has 18 heavy (non-hydrogen) atoms. The summed E-state index contributed by atoms with van der Waals surface area (Å²) in [4.78, 5) is 9.94. The zero-order valence-electron chi connectivity index (χ0n) is 11.4. The van der Waals surface area contributed by atoms with Crippen molar-refractivity contribution >= 4 is 11.3 Å². The van der Waals surface area contributed by atoms with Crippen LogP contribution in [0.2, 0.25) is 0 Å². The summed E-state index contributed by atoms with van der Waals surface area (Å²) in [7, 11) is 0. The predicted octanol–water partition coefficient (Wildman–Crippen LogP) is 2.51. The molecule has 2 aliphatic heterocycles. The standard InChI is InChI=1S/C14H23N3S/c1-11-7-16-6-4-3-5-14(16)9-17(11)8-13-10-18-12(2)15-13/h10-11,14H,3-9H2,1-2H3. The minimum absolute atomic E-state index is 0.668. The Kier molecular flexibility index (Phi) is 3.68. The van der Waals surface area contributed by atoms with Crippen molar-refractivity contribution < 1.29 is 0 Å². The fourth-order valence-electron chi connectivity index (χ4n) is 3.32. The van der Waals surface area contributed by atoms with Gasteiger partial charge in [0, 0.05) is 37.1 Å². The van der Waals surface area contributed by atoms with Gasteiger partial charge in [0.25, 0.3) is 0 Å². The lowest BCUT2D eigenvalue weighted by molar-refractivity contribution is 0.0106. The van der Waals surface area contributed by atoms with Crippen LogP contribution in [0.25, 0.3) is 0 Å². The van der Waals surface area contributed by atoms with E-state index in [0.29, 0.717) is 6.04 Å². The first-order valence-electron chi connectivity index (χ1n) is 7.11. The molecule has 100 valence electrons. The summed E-state index contributed by atoms with van der Waals surface area (Å²) in [5.74, 6) is 0. The molecule has 0 N–H and O–H groups in total. The number of piperidine rings is 1. The Balaban J connectivity index is 1.65. The zero-order chi connectivity index (χ0) is 12.5. The van der Waals surface area contributed by atoms with Crippen molar-refractivity contribution in [3.8, 4) is 0 Å². The van der Waals surface area contributed by atoms with Crippen LogP contribution in [0.5, 0.6) is 0 Å². The third-order valence-electron chi connectivity index (χ3n) is 4.35. The topological polar surface area (TPSA) is 19.4 Å². The van der Waals surface area contributed by atoms with Gasteiger partial charge in [0.2, 0.25) is 0 Å². The Morgan fingerprint density at radius 1 is 1.39 bits per heavy atom. The molecule has 2 unspecified atom stereocenters.